The Balaban J connectivity index is 0.974. The molecule has 0 bridgehead atoms. The van der Waals surface area contributed by atoms with Crippen LogP contribution in [0.2, 0.25) is 0 Å². The fraction of sp³-hybridized carbons (Fsp3) is 0.173. The maximum Gasteiger partial charge on any atom is 0.298 e. The Bertz CT molecular complexity index is 2890. The molecule has 2 amide bonds. The third-order valence-electron chi connectivity index (χ3n) is 11.2. The molecule has 0 spiro atoms. The minimum atomic E-state index is -0.493. The van der Waals surface area contributed by atoms with E-state index in [-0.39, 0.29) is 17.4 Å². The van der Waals surface area contributed by atoms with Crippen molar-refractivity contribution in [1.82, 2.24) is 4.90 Å². The summed E-state index contributed by atoms with van der Waals surface area (Å²) in [7, 11) is 0. The van der Waals surface area contributed by atoms with Gasteiger partial charge in [-0.2, -0.15) is 5.26 Å². The first kappa shape index (κ1) is 44.9. The van der Waals surface area contributed by atoms with Crippen LogP contribution < -0.4 is 14.4 Å². The molecule has 5 heterocycles. The van der Waals surface area contributed by atoms with Gasteiger partial charge in [0, 0.05) is 68.2 Å². The topological polar surface area (TPSA) is 117 Å². The Kier molecular flexibility index (Phi) is 14.1. The van der Waals surface area contributed by atoms with Gasteiger partial charge in [-0.1, -0.05) is 45.2 Å². The standard InChI is InChI=1S/C52H43N3O6S4/c1-4-6-7-34(5-2)30-54-51(58)42(33(3)43(29-53)52(54)59)28-41-20-21-45(62-41)46-24-25-49(64-46)50-27-26-48(65-50)47-23-22-44(63-47)35-8-10-36(11-9-35)55(37-12-16-39(17-13-37)60-31-56)38-14-18-40(19-15-38)61-32-57/h8-28,31-32,34H,4-7,30H2,1-3H3. The smallest absolute Gasteiger partial charge is 0.298 e. The molecule has 0 saturated carbocycles. The maximum atomic E-state index is 13.8. The second-order valence-corrected chi connectivity index (χ2v) is 19.7. The zero-order valence-electron chi connectivity index (χ0n) is 35.8. The van der Waals surface area contributed by atoms with Crippen molar-refractivity contribution in [2.24, 2.45) is 5.92 Å². The number of anilines is 3. The highest BCUT2D eigenvalue weighted by Gasteiger charge is 2.36. The fourth-order valence-electron chi connectivity index (χ4n) is 7.69. The van der Waals surface area contributed by atoms with E-state index < -0.39 is 5.91 Å². The number of thiophene rings is 4. The molecule has 1 aliphatic heterocycles. The van der Waals surface area contributed by atoms with E-state index in [2.05, 4.69) is 91.5 Å². The van der Waals surface area contributed by atoms with Gasteiger partial charge in [0.2, 0.25) is 0 Å². The lowest BCUT2D eigenvalue weighted by molar-refractivity contribution is -0.141. The lowest BCUT2D eigenvalue weighted by Gasteiger charge is -2.30. The molecule has 3 aromatic carbocycles. The van der Waals surface area contributed by atoms with Crippen LogP contribution >= 0.6 is 45.3 Å². The molecular formula is C52H43N3O6S4. The molecule has 0 saturated heterocycles. The second-order valence-electron chi connectivity index (χ2n) is 15.3. The number of nitriles is 1. The van der Waals surface area contributed by atoms with E-state index in [9.17, 15) is 24.4 Å². The van der Waals surface area contributed by atoms with Crippen molar-refractivity contribution in [2.45, 2.75) is 46.5 Å². The van der Waals surface area contributed by atoms with Gasteiger partial charge in [0.25, 0.3) is 24.8 Å². The van der Waals surface area contributed by atoms with Gasteiger partial charge < -0.3 is 14.4 Å². The summed E-state index contributed by atoms with van der Waals surface area (Å²) in [4.78, 5) is 61.1. The van der Waals surface area contributed by atoms with E-state index in [4.69, 9.17) is 9.47 Å². The van der Waals surface area contributed by atoms with Crippen molar-refractivity contribution in [3.63, 3.8) is 0 Å². The fourth-order valence-corrected chi connectivity index (χ4v) is 11.9. The van der Waals surface area contributed by atoms with Crippen molar-refractivity contribution < 1.29 is 28.7 Å². The highest BCUT2D eigenvalue weighted by Crippen LogP contribution is 2.45. The third kappa shape index (κ3) is 9.87. The predicted molar refractivity (Wildman–Crippen MR) is 264 cm³/mol. The zero-order chi connectivity index (χ0) is 45.5. The first-order chi connectivity index (χ1) is 31.7. The molecule has 1 aliphatic rings. The summed E-state index contributed by atoms with van der Waals surface area (Å²) < 4.78 is 10.0. The average molecular weight is 934 g/mol. The quantitative estimate of drug-likeness (QED) is 0.0474. The summed E-state index contributed by atoms with van der Waals surface area (Å²) in [5.74, 6) is 0.248. The summed E-state index contributed by atoms with van der Waals surface area (Å²) in [6, 6.07) is 41.9. The lowest BCUT2D eigenvalue weighted by atomic mass is 9.92. The van der Waals surface area contributed by atoms with Crippen molar-refractivity contribution >= 4 is 93.2 Å². The molecule has 65 heavy (non-hydrogen) atoms. The first-order valence-electron chi connectivity index (χ1n) is 21.1. The highest BCUT2D eigenvalue weighted by molar-refractivity contribution is 7.29. The van der Waals surface area contributed by atoms with E-state index in [0.717, 1.165) is 67.8 Å². The number of ether oxygens (including phenoxy) is 2. The van der Waals surface area contributed by atoms with E-state index >= 15 is 0 Å². The summed E-state index contributed by atoms with van der Waals surface area (Å²) in [6.07, 6.45) is 5.70. The maximum absolute atomic E-state index is 13.8. The van der Waals surface area contributed by atoms with Crippen LogP contribution in [0.25, 0.3) is 45.8 Å². The molecule has 8 rings (SSSR count). The summed E-state index contributed by atoms with van der Waals surface area (Å²) in [6.45, 7) is 7.03. The van der Waals surface area contributed by atoms with Crippen molar-refractivity contribution in [2.75, 3.05) is 11.4 Å². The Morgan fingerprint density at radius 3 is 1.57 bits per heavy atom. The van der Waals surface area contributed by atoms with E-state index in [0.29, 0.717) is 42.1 Å². The highest BCUT2D eigenvalue weighted by atomic mass is 32.1. The van der Waals surface area contributed by atoms with Gasteiger partial charge in [-0.3, -0.25) is 24.1 Å². The van der Waals surface area contributed by atoms with E-state index in [1.165, 1.54) is 24.4 Å². The number of rotatable bonds is 18. The Morgan fingerprint density at radius 1 is 0.631 bits per heavy atom. The molecule has 0 radical (unpaired) electrons. The van der Waals surface area contributed by atoms with E-state index in [1.54, 1.807) is 76.5 Å². The largest absolute Gasteiger partial charge is 0.429 e. The average Bonchev–Trinajstić information content (AvgIpc) is 4.18. The number of benzene rings is 3. The number of carbonyl (C=O) groups is 4. The van der Waals surface area contributed by atoms with Crippen LogP contribution in [0.5, 0.6) is 11.5 Å². The normalized spacial score (nSPS) is 13.8. The molecule has 0 N–H and O–H groups in total. The molecule has 4 aromatic heterocycles. The minimum Gasteiger partial charge on any atom is -0.429 e. The molecule has 0 fully saturated rings. The second kappa shape index (κ2) is 20.4. The molecule has 0 aliphatic carbocycles. The summed E-state index contributed by atoms with van der Waals surface area (Å²) >= 11 is 6.81. The summed E-state index contributed by atoms with van der Waals surface area (Å²) in [5, 5.41) is 9.93. The molecule has 1 unspecified atom stereocenters. The van der Waals surface area contributed by atoms with Crippen molar-refractivity contribution in [1.29, 1.82) is 5.26 Å². The van der Waals surface area contributed by atoms with Gasteiger partial charge in [-0.25, -0.2) is 0 Å². The van der Waals surface area contributed by atoms with Crippen LogP contribution in [-0.2, 0) is 19.2 Å². The SMILES string of the molecule is CCCCC(CC)CN1C(=O)C(=Cc2ccc(-c3ccc(-c4ccc(-c5ccc(-c6ccc(N(c7ccc(OC=O)cc7)c7ccc(OC=O)cc7)cc6)s5)s4)s3)s2)C(C)=C(C#N)C1=O. The van der Waals surface area contributed by atoms with Crippen LogP contribution in [0.4, 0.5) is 17.1 Å². The molecule has 9 nitrogen and oxygen atoms in total. The van der Waals surface area contributed by atoms with Crippen molar-refractivity contribution in [3.05, 3.63) is 143 Å². The van der Waals surface area contributed by atoms with E-state index in [1.807, 2.05) is 36.4 Å². The monoisotopic (exact) mass is 933 g/mol. The molecular weight excluding hydrogens is 891 g/mol. The number of hydrogen-bond donors (Lipinski definition) is 0. The number of amides is 2. The number of hydrogen-bond acceptors (Lipinski definition) is 12. The van der Waals surface area contributed by atoms with Crippen LogP contribution in [-0.4, -0.2) is 36.2 Å². The van der Waals surface area contributed by atoms with Gasteiger partial charge in [0.1, 0.15) is 23.1 Å². The Morgan fingerprint density at radius 2 is 1.09 bits per heavy atom. The Hall–Kier alpha value is -6.69. The van der Waals surface area contributed by atoms with Crippen LogP contribution in [0.1, 0.15) is 51.3 Å². The van der Waals surface area contributed by atoms with Crippen LogP contribution in [0.3, 0.4) is 0 Å². The zero-order valence-corrected chi connectivity index (χ0v) is 39.1. The summed E-state index contributed by atoms with van der Waals surface area (Å²) in [5.41, 5.74) is 4.56. The lowest BCUT2D eigenvalue weighted by Crippen LogP contribution is -2.45. The van der Waals surface area contributed by atoms with Gasteiger partial charge >= 0.3 is 0 Å². The molecule has 1 atom stereocenters. The van der Waals surface area contributed by atoms with Crippen LogP contribution in [0.15, 0.2) is 138 Å². The van der Waals surface area contributed by atoms with Gasteiger partial charge in [0.05, 0.1) is 0 Å². The minimum absolute atomic E-state index is 0.0355. The van der Waals surface area contributed by atoms with Gasteiger partial charge in [-0.05, 0) is 146 Å². The predicted octanol–water partition coefficient (Wildman–Crippen LogP) is 13.9. The van der Waals surface area contributed by atoms with Crippen molar-refractivity contribution in [3.8, 4) is 57.3 Å². The Labute approximate surface area is 393 Å². The van der Waals surface area contributed by atoms with Gasteiger partial charge in [0.15, 0.2) is 0 Å². The number of carbonyl (C=O) groups excluding carboxylic acids is 4. The number of imide groups is 1. The number of unbranched alkanes of at least 4 members (excludes halogenated alkanes) is 1. The molecule has 7 aromatic rings. The van der Waals surface area contributed by atoms with Gasteiger partial charge in [-0.15, -0.1) is 45.3 Å². The van der Waals surface area contributed by atoms with Crippen LogP contribution in [0, 0.1) is 17.2 Å². The third-order valence-corrected chi connectivity index (χ3v) is 16.2. The number of nitrogens with zero attached hydrogens (tertiary/aromatic N) is 3. The first-order valence-corrected chi connectivity index (χ1v) is 24.4. The molecule has 13 heteroatoms. The molecule has 326 valence electrons.